The number of carbonyl (C=O) groups excluding carboxylic acids is 1. The lowest BCUT2D eigenvalue weighted by molar-refractivity contribution is -0.0720. The van der Waals surface area contributed by atoms with Crippen molar-refractivity contribution in [2.75, 3.05) is 32.2 Å². The third kappa shape index (κ3) is 3.49. The van der Waals surface area contributed by atoms with E-state index in [9.17, 15) is 4.79 Å². The average Bonchev–Trinajstić information content (AvgIpc) is 3.49. The first-order valence-corrected chi connectivity index (χ1v) is 11.8. The van der Waals surface area contributed by atoms with Crippen LogP contribution in [0.1, 0.15) is 35.3 Å². The number of aromatic amines is 1. The zero-order valence-electron chi connectivity index (χ0n) is 18.7. The van der Waals surface area contributed by atoms with Crippen LogP contribution in [0.2, 0.25) is 5.02 Å². The largest absolute Gasteiger partial charge is 0.493 e. The molecule has 0 bridgehead atoms. The van der Waals surface area contributed by atoms with Gasteiger partial charge in [0.1, 0.15) is 12.4 Å². The number of hydrogen-bond acceptors (Lipinski definition) is 6. The van der Waals surface area contributed by atoms with E-state index in [2.05, 4.69) is 20.6 Å². The molecule has 1 aromatic carbocycles. The fourth-order valence-electron chi connectivity index (χ4n) is 4.71. The Bertz CT molecular complexity index is 1270. The Morgan fingerprint density at radius 1 is 1.32 bits per heavy atom. The summed E-state index contributed by atoms with van der Waals surface area (Å²) in [6, 6.07) is 7.38. The topological polar surface area (TPSA) is 97.5 Å². The third-order valence-electron chi connectivity index (χ3n) is 6.90. The lowest BCUT2D eigenvalue weighted by Gasteiger charge is -2.26. The van der Waals surface area contributed by atoms with Crippen LogP contribution in [0.5, 0.6) is 11.5 Å². The van der Waals surface area contributed by atoms with Crippen molar-refractivity contribution in [2.45, 2.75) is 30.8 Å². The number of ether oxygens (including phenoxy) is 3. The summed E-state index contributed by atoms with van der Waals surface area (Å²) in [6.07, 6.45) is 6.55. The highest BCUT2D eigenvalue weighted by Crippen LogP contribution is 2.54. The van der Waals surface area contributed by atoms with Gasteiger partial charge in [-0.2, -0.15) is 0 Å². The summed E-state index contributed by atoms with van der Waals surface area (Å²) in [5.74, 6) is 1.02. The molecule has 9 heteroatoms. The molecule has 1 amide bonds. The first-order valence-electron chi connectivity index (χ1n) is 11.4. The summed E-state index contributed by atoms with van der Waals surface area (Å²) in [5.41, 5.74) is 4.43. The minimum absolute atomic E-state index is 0.0514. The molecule has 3 N–H and O–H groups in total. The smallest absolute Gasteiger partial charge is 0.255 e. The quantitative estimate of drug-likeness (QED) is 0.463. The summed E-state index contributed by atoms with van der Waals surface area (Å²) in [5, 5.41) is 7.00. The van der Waals surface area contributed by atoms with Crippen LogP contribution >= 0.6 is 11.6 Å². The predicted octanol–water partition coefficient (Wildman–Crippen LogP) is 4.43. The number of nitrogens with one attached hydrogen (secondary N) is 3. The first kappa shape index (κ1) is 21.3. The Morgan fingerprint density at radius 2 is 2.18 bits per heavy atom. The fraction of sp³-hybridized carbons (Fsp3) is 0.360. The van der Waals surface area contributed by atoms with Gasteiger partial charge in [-0.25, -0.2) is 0 Å². The maximum absolute atomic E-state index is 13.1. The summed E-state index contributed by atoms with van der Waals surface area (Å²) in [4.78, 5) is 21.0. The van der Waals surface area contributed by atoms with Crippen molar-refractivity contribution in [1.82, 2.24) is 15.3 Å². The van der Waals surface area contributed by atoms with Crippen LogP contribution in [0.15, 0.2) is 36.7 Å². The predicted molar refractivity (Wildman–Crippen MR) is 128 cm³/mol. The number of amides is 1. The maximum atomic E-state index is 13.1. The molecule has 2 fully saturated rings. The maximum Gasteiger partial charge on any atom is 0.255 e. The van der Waals surface area contributed by atoms with E-state index in [1.807, 2.05) is 18.2 Å². The molecule has 1 saturated heterocycles. The van der Waals surface area contributed by atoms with Gasteiger partial charge in [0.25, 0.3) is 5.91 Å². The van der Waals surface area contributed by atoms with Crippen molar-refractivity contribution in [1.29, 1.82) is 0 Å². The first-order chi connectivity index (χ1) is 16.6. The van der Waals surface area contributed by atoms with Crippen molar-refractivity contribution in [2.24, 2.45) is 0 Å². The molecule has 176 valence electrons. The van der Waals surface area contributed by atoms with Gasteiger partial charge in [-0.05, 0) is 31.0 Å². The summed E-state index contributed by atoms with van der Waals surface area (Å²) >= 11 is 6.38. The Hall–Kier alpha value is -3.23. The van der Waals surface area contributed by atoms with Crippen molar-refractivity contribution >= 4 is 28.9 Å². The summed E-state index contributed by atoms with van der Waals surface area (Å²) in [7, 11) is 1.57. The number of halogens is 1. The van der Waals surface area contributed by atoms with Gasteiger partial charge in [0.2, 0.25) is 0 Å². The van der Waals surface area contributed by atoms with E-state index in [4.69, 9.17) is 25.8 Å². The summed E-state index contributed by atoms with van der Waals surface area (Å²) in [6.45, 7) is 1.86. The molecule has 1 saturated carbocycles. The molecule has 34 heavy (non-hydrogen) atoms. The minimum Gasteiger partial charge on any atom is -0.493 e. The number of H-pyrrole nitrogens is 1. The van der Waals surface area contributed by atoms with E-state index in [0.29, 0.717) is 46.6 Å². The van der Waals surface area contributed by atoms with E-state index in [1.54, 1.807) is 25.6 Å². The molecule has 1 unspecified atom stereocenters. The number of anilines is 2. The molecule has 6 rings (SSSR count). The highest BCUT2D eigenvalue weighted by molar-refractivity contribution is 6.32. The van der Waals surface area contributed by atoms with Crippen LogP contribution in [0, 0.1) is 0 Å². The molecule has 3 aromatic rings. The van der Waals surface area contributed by atoms with Crippen molar-refractivity contribution in [3.05, 3.63) is 52.9 Å². The van der Waals surface area contributed by atoms with Crippen LogP contribution < -0.4 is 20.1 Å². The van der Waals surface area contributed by atoms with Gasteiger partial charge in [-0.15, -0.1) is 0 Å². The SMILES string of the molecule is COc1c(Cl)cccc1Nc1c(-c2ccncc2OCC2CCO2)[nH]c2c1C(=O)NCC21CC1. The van der Waals surface area contributed by atoms with Gasteiger partial charge in [-0.1, -0.05) is 17.7 Å². The minimum atomic E-state index is -0.113. The molecule has 2 aliphatic heterocycles. The lowest BCUT2D eigenvalue weighted by atomic mass is 9.93. The van der Waals surface area contributed by atoms with Gasteiger partial charge in [0.15, 0.2) is 5.75 Å². The molecule has 3 aliphatic rings. The Kier molecular flexibility index (Phi) is 5.15. The van der Waals surface area contributed by atoms with Crippen LogP contribution in [-0.2, 0) is 10.2 Å². The van der Waals surface area contributed by atoms with Gasteiger partial charge >= 0.3 is 0 Å². The normalized spacial score (nSPS) is 19.7. The second-order valence-electron chi connectivity index (χ2n) is 9.00. The number of para-hydroxylation sites is 1. The monoisotopic (exact) mass is 480 g/mol. The van der Waals surface area contributed by atoms with E-state index in [-0.39, 0.29) is 17.4 Å². The molecule has 0 radical (unpaired) electrons. The second kappa shape index (κ2) is 8.21. The van der Waals surface area contributed by atoms with Crippen molar-refractivity contribution < 1.29 is 19.0 Å². The number of nitrogens with zero attached hydrogens (tertiary/aromatic N) is 1. The molecule has 4 heterocycles. The zero-order valence-corrected chi connectivity index (χ0v) is 19.5. The average molecular weight is 481 g/mol. The second-order valence-corrected chi connectivity index (χ2v) is 9.41. The zero-order chi connectivity index (χ0) is 23.3. The molecule has 2 aromatic heterocycles. The van der Waals surface area contributed by atoms with Gasteiger partial charge in [0.05, 0.1) is 47.1 Å². The molecular weight excluding hydrogens is 456 g/mol. The number of rotatable bonds is 7. The lowest BCUT2D eigenvalue weighted by Crippen LogP contribution is -2.39. The number of carbonyl (C=O) groups is 1. The number of methoxy groups -OCH3 is 1. The van der Waals surface area contributed by atoms with Crippen LogP contribution in [0.3, 0.4) is 0 Å². The molecule has 1 spiro atoms. The molecular formula is C25H25ClN4O4. The number of hydrogen-bond donors (Lipinski definition) is 3. The van der Waals surface area contributed by atoms with Crippen LogP contribution in [-0.4, -0.2) is 48.8 Å². The van der Waals surface area contributed by atoms with Gasteiger partial charge in [-0.3, -0.25) is 9.78 Å². The van der Waals surface area contributed by atoms with Crippen LogP contribution in [0.25, 0.3) is 11.3 Å². The fourth-order valence-corrected chi connectivity index (χ4v) is 4.96. The Balaban J connectivity index is 1.49. The number of fused-ring (bicyclic) bond motifs is 2. The Labute approximate surface area is 202 Å². The number of pyridine rings is 1. The third-order valence-corrected chi connectivity index (χ3v) is 7.20. The van der Waals surface area contributed by atoms with E-state index in [0.717, 1.165) is 42.8 Å². The van der Waals surface area contributed by atoms with Gasteiger partial charge < -0.3 is 29.8 Å². The van der Waals surface area contributed by atoms with E-state index in [1.165, 1.54) is 0 Å². The number of benzene rings is 1. The number of aromatic nitrogens is 2. The van der Waals surface area contributed by atoms with E-state index >= 15 is 0 Å². The Morgan fingerprint density at radius 3 is 2.91 bits per heavy atom. The highest BCUT2D eigenvalue weighted by atomic mass is 35.5. The molecule has 1 aliphatic carbocycles. The molecule has 1 atom stereocenters. The van der Waals surface area contributed by atoms with Crippen molar-refractivity contribution in [3.8, 4) is 22.8 Å². The van der Waals surface area contributed by atoms with Gasteiger partial charge in [0, 0.05) is 42.4 Å². The standard InChI is InChI=1S/C25H25ClN4O4/c1-32-22-16(26)3-2-4-17(22)29-21-19-23(25(7-8-25)13-28-24(19)31)30-20(21)15-5-9-27-11-18(15)34-12-14-6-10-33-14/h2-5,9,11,14,29-30H,6-8,10,12-13H2,1H3,(H,28,31). The van der Waals surface area contributed by atoms with Crippen LogP contribution in [0.4, 0.5) is 11.4 Å². The highest BCUT2D eigenvalue weighted by Gasteiger charge is 2.51. The van der Waals surface area contributed by atoms with Crippen molar-refractivity contribution in [3.63, 3.8) is 0 Å². The molecule has 8 nitrogen and oxygen atoms in total. The van der Waals surface area contributed by atoms with E-state index < -0.39 is 0 Å². The summed E-state index contributed by atoms with van der Waals surface area (Å²) < 4.78 is 17.2.